The first-order valence-electron chi connectivity index (χ1n) is 7.40. The van der Waals surface area contributed by atoms with Crippen molar-refractivity contribution in [3.05, 3.63) is 46.9 Å². The lowest BCUT2D eigenvalue weighted by Gasteiger charge is -2.12. The predicted octanol–water partition coefficient (Wildman–Crippen LogP) is 4.57. The summed E-state index contributed by atoms with van der Waals surface area (Å²) in [4.78, 5) is 23.1. The molecule has 0 radical (unpaired) electrons. The minimum Gasteiger partial charge on any atom is -0.323 e. The van der Waals surface area contributed by atoms with Crippen molar-refractivity contribution in [2.24, 2.45) is 0 Å². The standard InChI is InChI=1S/C17H16FN3OS2/c1-9-10(2)23-16-14(9)17(20-8-19-16)24-11(3)15(22)21-13-7-5-4-6-12(13)18/h4-8,11H,1-3H3,(H,21,22)/t11-/m0/s1. The zero-order valence-corrected chi connectivity index (χ0v) is 15.1. The van der Waals surface area contributed by atoms with Crippen LogP contribution in [0.5, 0.6) is 0 Å². The summed E-state index contributed by atoms with van der Waals surface area (Å²) in [5.74, 6) is -0.710. The molecule has 124 valence electrons. The van der Waals surface area contributed by atoms with Crippen LogP contribution in [0.2, 0.25) is 0 Å². The van der Waals surface area contributed by atoms with Gasteiger partial charge in [0.1, 0.15) is 22.0 Å². The molecule has 4 nitrogen and oxygen atoms in total. The average molecular weight is 361 g/mol. The molecule has 0 saturated carbocycles. The number of benzene rings is 1. The number of aromatic nitrogens is 2. The Morgan fingerprint density at radius 1 is 1.29 bits per heavy atom. The molecule has 0 fully saturated rings. The Kier molecular flexibility index (Phi) is 4.82. The molecule has 1 atom stereocenters. The van der Waals surface area contributed by atoms with Gasteiger partial charge in [-0.05, 0) is 38.5 Å². The number of carbonyl (C=O) groups is 1. The third-order valence-corrected chi connectivity index (χ3v) is 5.94. The maximum Gasteiger partial charge on any atom is 0.237 e. The van der Waals surface area contributed by atoms with Crippen molar-refractivity contribution in [2.45, 2.75) is 31.0 Å². The third kappa shape index (κ3) is 3.27. The molecule has 0 spiro atoms. The van der Waals surface area contributed by atoms with Gasteiger partial charge in [-0.15, -0.1) is 11.3 Å². The summed E-state index contributed by atoms with van der Waals surface area (Å²) in [6.45, 7) is 5.86. The van der Waals surface area contributed by atoms with E-state index in [9.17, 15) is 9.18 Å². The van der Waals surface area contributed by atoms with Crippen LogP contribution in [-0.4, -0.2) is 21.1 Å². The fraction of sp³-hybridized carbons (Fsp3) is 0.235. The van der Waals surface area contributed by atoms with E-state index in [4.69, 9.17) is 0 Å². The Balaban J connectivity index is 1.81. The summed E-state index contributed by atoms with van der Waals surface area (Å²) >= 11 is 2.97. The number of para-hydroxylation sites is 1. The van der Waals surface area contributed by atoms with Gasteiger partial charge in [-0.2, -0.15) is 0 Å². The molecule has 0 bridgehead atoms. The highest BCUT2D eigenvalue weighted by Crippen LogP contribution is 2.36. The van der Waals surface area contributed by atoms with Crippen LogP contribution in [0.3, 0.4) is 0 Å². The summed E-state index contributed by atoms with van der Waals surface area (Å²) < 4.78 is 13.7. The maximum atomic E-state index is 13.7. The molecule has 0 aliphatic rings. The van der Waals surface area contributed by atoms with Gasteiger partial charge < -0.3 is 5.32 Å². The number of nitrogens with one attached hydrogen (secondary N) is 1. The van der Waals surface area contributed by atoms with Crippen molar-refractivity contribution in [2.75, 3.05) is 5.32 Å². The minimum absolute atomic E-state index is 0.186. The summed E-state index contributed by atoms with van der Waals surface area (Å²) in [5, 5.41) is 3.98. The van der Waals surface area contributed by atoms with Crippen molar-refractivity contribution < 1.29 is 9.18 Å². The number of aryl methyl sites for hydroxylation is 2. The number of amides is 1. The van der Waals surface area contributed by atoms with Crippen LogP contribution >= 0.6 is 23.1 Å². The van der Waals surface area contributed by atoms with Crippen LogP contribution in [0.25, 0.3) is 10.2 Å². The Hall–Kier alpha value is -1.99. The first-order valence-corrected chi connectivity index (χ1v) is 9.09. The van der Waals surface area contributed by atoms with E-state index in [0.717, 1.165) is 20.8 Å². The van der Waals surface area contributed by atoms with Crippen LogP contribution in [0.4, 0.5) is 10.1 Å². The lowest BCUT2D eigenvalue weighted by molar-refractivity contribution is -0.115. The summed E-state index contributed by atoms with van der Waals surface area (Å²) in [7, 11) is 0. The molecular formula is C17H16FN3OS2. The number of halogens is 1. The molecule has 2 aromatic heterocycles. The summed E-state index contributed by atoms with van der Waals surface area (Å²) in [6, 6.07) is 6.13. The first-order chi connectivity index (χ1) is 11.5. The van der Waals surface area contributed by atoms with Crippen molar-refractivity contribution in [1.29, 1.82) is 0 Å². The van der Waals surface area contributed by atoms with E-state index in [2.05, 4.69) is 15.3 Å². The smallest absolute Gasteiger partial charge is 0.237 e. The molecule has 0 unspecified atom stereocenters. The van der Waals surface area contributed by atoms with E-state index < -0.39 is 11.1 Å². The van der Waals surface area contributed by atoms with Crippen molar-refractivity contribution >= 4 is 44.9 Å². The lowest BCUT2D eigenvalue weighted by Crippen LogP contribution is -2.23. The van der Waals surface area contributed by atoms with E-state index in [1.807, 2.05) is 13.8 Å². The summed E-state index contributed by atoms with van der Waals surface area (Å²) in [6.07, 6.45) is 1.52. The molecule has 1 aromatic carbocycles. The second-order valence-corrected chi connectivity index (χ2v) is 7.90. The fourth-order valence-corrected chi connectivity index (χ4v) is 4.30. The van der Waals surface area contributed by atoms with Gasteiger partial charge in [-0.3, -0.25) is 4.79 Å². The SMILES string of the molecule is Cc1sc2ncnc(S[C@@H](C)C(=O)Nc3ccccc3F)c2c1C. The number of fused-ring (bicyclic) bond motifs is 1. The number of thioether (sulfide) groups is 1. The van der Waals surface area contributed by atoms with Gasteiger partial charge in [-0.25, -0.2) is 14.4 Å². The van der Waals surface area contributed by atoms with Gasteiger partial charge in [0, 0.05) is 10.3 Å². The largest absolute Gasteiger partial charge is 0.323 e. The zero-order chi connectivity index (χ0) is 17.3. The molecule has 0 aliphatic carbocycles. The van der Waals surface area contributed by atoms with Gasteiger partial charge in [0.05, 0.1) is 10.9 Å². The van der Waals surface area contributed by atoms with E-state index in [1.165, 1.54) is 29.0 Å². The number of anilines is 1. The highest BCUT2D eigenvalue weighted by atomic mass is 32.2. The van der Waals surface area contributed by atoms with Crippen LogP contribution in [-0.2, 0) is 4.79 Å². The predicted molar refractivity (Wildman–Crippen MR) is 97.2 cm³/mol. The number of thiophene rings is 1. The van der Waals surface area contributed by atoms with Crippen LogP contribution in [0, 0.1) is 19.7 Å². The van der Waals surface area contributed by atoms with E-state index in [-0.39, 0.29) is 11.6 Å². The van der Waals surface area contributed by atoms with Crippen LogP contribution in [0.15, 0.2) is 35.6 Å². The lowest BCUT2D eigenvalue weighted by atomic mass is 10.2. The van der Waals surface area contributed by atoms with Gasteiger partial charge in [0.15, 0.2) is 0 Å². The molecule has 7 heteroatoms. The summed E-state index contributed by atoms with van der Waals surface area (Å²) in [5.41, 5.74) is 1.32. The molecule has 2 heterocycles. The normalized spacial score (nSPS) is 12.3. The third-order valence-electron chi connectivity index (χ3n) is 3.72. The highest BCUT2D eigenvalue weighted by Gasteiger charge is 2.20. The molecule has 0 saturated heterocycles. The maximum absolute atomic E-state index is 13.7. The number of hydrogen-bond donors (Lipinski definition) is 1. The monoisotopic (exact) mass is 361 g/mol. The number of nitrogens with zero attached hydrogens (tertiary/aromatic N) is 2. The van der Waals surface area contributed by atoms with Gasteiger partial charge in [0.25, 0.3) is 0 Å². The minimum atomic E-state index is -0.447. The van der Waals surface area contributed by atoms with E-state index in [1.54, 1.807) is 36.5 Å². The first kappa shape index (κ1) is 16.9. The molecule has 1 amide bonds. The van der Waals surface area contributed by atoms with Crippen LogP contribution in [0.1, 0.15) is 17.4 Å². The average Bonchev–Trinajstić information content (AvgIpc) is 2.85. The molecular weight excluding hydrogens is 345 g/mol. The van der Waals surface area contributed by atoms with E-state index >= 15 is 0 Å². The molecule has 24 heavy (non-hydrogen) atoms. The van der Waals surface area contributed by atoms with E-state index in [0.29, 0.717) is 0 Å². The molecule has 3 aromatic rings. The topological polar surface area (TPSA) is 54.9 Å². The Morgan fingerprint density at radius 3 is 2.79 bits per heavy atom. The van der Waals surface area contributed by atoms with Gasteiger partial charge in [0.2, 0.25) is 5.91 Å². The number of carbonyl (C=O) groups excluding carboxylic acids is 1. The molecule has 3 rings (SSSR count). The van der Waals surface area contributed by atoms with Crippen LogP contribution < -0.4 is 5.32 Å². The van der Waals surface area contributed by atoms with Gasteiger partial charge in [-0.1, -0.05) is 23.9 Å². The Bertz CT molecular complexity index is 910. The molecule has 1 N–H and O–H groups in total. The second kappa shape index (κ2) is 6.86. The number of hydrogen-bond acceptors (Lipinski definition) is 5. The fourth-order valence-electron chi connectivity index (χ4n) is 2.26. The van der Waals surface area contributed by atoms with Crippen molar-refractivity contribution in [3.8, 4) is 0 Å². The van der Waals surface area contributed by atoms with Crippen molar-refractivity contribution in [1.82, 2.24) is 9.97 Å². The molecule has 0 aliphatic heterocycles. The second-order valence-electron chi connectivity index (χ2n) is 5.37. The Labute approximate surface area is 147 Å². The highest BCUT2D eigenvalue weighted by molar-refractivity contribution is 8.00. The van der Waals surface area contributed by atoms with Gasteiger partial charge >= 0.3 is 0 Å². The quantitative estimate of drug-likeness (QED) is 0.546. The van der Waals surface area contributed by atoms with Crippen molar-refractivity contribution in [3.63, 3.8) is 0 Å². The Morgan fingerprint density at radius 2 is 2.04 bits per heavy atom. The number of rotatable bonds is 4. The zero-order valence-electron chi connectivity index (χ0n) is 13.5.